The number of nitrogens with zero attached hydrogens (tertiary/aromatic N) is 1. The van der Waals surface area contributed by atoms with Gasteiger partial charge in [0.1, 0.15) is 0 Å². The van der Waals surface area contributed by atoms with Crippen LogP contribution in [0.5, 0.6) is 0 Å². The summed E-state index contributed by atoms with van der Waals surface area (Å²) < 4.78 is 1.20. The van der Waals surface area contributed by atoms with Gasteiger partial charge in [0.15, 0.2) is 0 Å². The van der Waals surface area contributed by atoms with Crippen molar-refractivity contribution in [3.63, 3.8) is 0 Å². The minimum absolute atomic E-state index is 0.193. The van der Waals surface area contributed by atoms with E-state index < -0.39 is 0 Å². The van der Waals surface area contributed by atoms with Crippen LogP contribution in [0.4, 0.5) is 0 Å². The van der Waals surface area contributed by atoms with Crippen molar-refractivity contribution in [2.24, 2.45) is 0 Å². The highest BCUT2D eigenvalue weighted by Crippen LogP contribution is 2.19. The Morgan fingerprint density at radius 1 is 1.50 bits per heavy atom. The predicted molar refractivity (Wildman–Crippen MR) is 50.4 cm³/mol. The lowest BCUT2D eigenvalue weighted by Gasteiger charge is -1.96. The zero-order chi connectivity index (χ0) is 8.39. The number of aromatic nitrogens is 1. The topological polar surface area (TPSA) is 33.1 Å². The fourth-order valence-electron chi connectivity index (χ4n) is 1.15. The average molecular weight is 179 g/mol. The van der Waals surface area contributed by atoms with E-state index in [2.05, 4.69) is 11.1 Å². The highest BCUT2D eigenvalue weighted by molar-refractivity contribution is 7.17. The van der Waals surface area contributed by atoms with Gasteiger partial charge in [0.25, 0.3) is 0 Å². The molecule has 0 bridgehead atoms. The summed E-state index contributed by atoms with van der Waals surface area (Å²) in [4.78, 5) is 4.26. The van der Waals surface area contributed by atoms with Crippen LogP contribution in [0.15, 0.2) is 23.7 Å². The predicted octanol–water partition coefficient (Wildman–Crippen LogP) is 1.83. The number of aliphatic hydroxyl groups excluding tert-OH is 1. The molecular weight excluding hydrogens is 170 g/mol. The van der Waals surface area contributed by atoms with Gasteiger partial charge in [-0.25, -0.2) is 0 Å². The van der Waals surface area contributed by atoms with E-state index in [1.807, 2.05) is 17.6 Å². The second kappa shape index (κ2) is 3.21. The minimum Gasteiger partial charge on any atom is -0.396 e. The van der Waals surface area contributed by atoms with E-state index in [0.717, 1.165) is 11.1 Å². The van der Waals surface area contributed by atoms with Crippen molar-refractivity contribution in [3.8, 4) is 0 Å². The van der Waals surface area contributed by atoms with E-state index in [0.29, 0.717) is 6.42 Å². The van der Waals surface area contributed by atoms with Crippen LogP contribution in [-0.2, 0) is 6.42 Å². The third-order valence-corrected chi connectivity index (χ3v) is 2.61. The monoisotopic (exact) mass is 179 g/mol. The number of fused-ring (bicyclic) bond motifs is 1. The largest absolute Gasteiger partial charge is 0.396 e. The van der Waals surface area contributed by atoms with Crippen molar-refractivity contribution >= 4 is 21.6 Å². The Morgan fingerprint density at radius 3 is 3.25 bits per heavy atom. The van der Waals surface area contributed by atoms with Crippen LogP contribution in [0.25, 0.3) is 10.2 Å². The molecule has 0 spiro atoms. The second-order valence-corrected chi connectivity index (χ2v) is 3.57. The Bertz CT molecular complexity index is 383. The van der Waals surface area contributed by atoms with Crippen molar-refractivity contribution in [1.29, 1.82) is 0 Å². The molecule has 2 aromatic heterocycles. The van der Waals surface area contributed by atoms with E-state index in [-0.39, 0.29) is 6.61 Å². The molecule has 2 aromatic rings. The van der Waals surface area contributed by atoms with Gasteiger partial charge < -0.3 is 5.11 Å². The molecule has 0 aliphatic heterocycles. The molecule has 0 atom stereocenters. The summed E-state index contributed by atoms with van der Waals surface area (Å²) in [5.74, 6) is 0. The van der Waals surface area contributed by atoms with Crippen LogP contribution < -0.4 is 0 Å². The molecule has 0 aliphatic carbocycles. The lowest BCUT2D eigenvalue weighted by Crippen LogP contribution is -1.90. The maximum atomic E-state index is 8.72. The highest BCUT2D eigenvalue weighted by Gasteiger charge is 1.97. The van der Waals surface area contributed by atoms with E-state index in [9.17, 15) is 0 Å². The van der Waals surface area contributed by atoms with Crippen molar-refractivity contribution in [3.05, 3.63) is 29.3 Å². The Morgan fingerprint density at radius 2 is 2.42 bits per heavy atom. The van der Waals surface area contributed by atoms with Gasteiger partial charge in [0, 0.05) is 12.8 Å². The number of aliphatic hydroxyl groups is 1. The lowest BCUT2D eigenvalue weighted by atomic mass is 10.2. The molecule has 3 heteroatoms. The molecule has 0 unspecified atom stereocenters. The molecule has 1 N–H and O–H groups in total. The summed E-state index contributed by atoms with van der Waals surface area (Å²) in [5.41, 5.74) is 2.15. The number of rotatable bonds is 2. The van der Waals surface area contributed by atoms with Gasteiger partial charge in [-0.3, -0.25) is 4.98 Å². The Hall–Kier alpha value is -0.930. The first-order chi connectivity index (χ1) is 5.90. The molecule has 0 aliphatic rings. The zero-order valence-electron chi connectivity index (χ0n) is 6.53. The molecule has 2 rings (SSSR count). The summed E-state index contributed by atoms with van der Waals surface area (Å²) in [5, 5.41) is 10.7. The Balaban J connectivity index is 2.46. The normalized spacial score (nSPS) is 10.8. The minimum atomic E-state index is 0.193. The van der Waals surface area contributed by atoms with Crippen LogP contribution >= 0.6 is 11.3 Å². The van der Waals surface area contributed by atoms with Gasteiger partial charge in [-0.15, -0.1) is 11.3 Å². The highest BCUT2D eigenvalue weighted by atomic mass is 32.1. The number of hydrogen-bond acceptors (Lipinski definition) is 3. The maximum Gasteiger partial charge on any atom is 0.0809 e. The van der Waals surface area contributed by atoms with Gasteiger partial charge in [0.05, 0.1) is 10.2 Å². The standard InChI is InChI=1S/C9H9NOS/c11-3-1-7-5-9-8(10-6-7)2-4-12-9/h2,4-6,11H,1,3H2. The SMILES string of the molecule is OCCc1cnc2ccsc2c1. The van der Waals surface area contributed by atoms with Gasteiger partial charge >= 0.3 is 0 Å². The first-order valence-electron chi connectivity index (χ1n) is 3.83. The smallest absolute Gasteiger partial charge is 0.0809 e. The van der Waals surface area contributed by atoms with Gasteiger partial charge in [-0.1, -0.05) is 0 Å². The van der Waals surface area contributed by atoms with E-state index >= 15 is 0 Å². The number of pyridine rings is 1. The summed E-state index contributed by atoms with van der Waals surface area (Å²) in [7, 11) is 0. The number of thiophene rings is 1. The average Bonchev–Trinajstić information content (AvgIpc) is 2.51. The van der Waals surface area contributed by atoms with Crippen molar-refractivity contribution in [1.82, 2.24) is 4.98 Å². The fourth-order valence-corrected chi connectivity index (χ4v) is 1.96. The van der Waals surface area contributed by atoms with Crippen LogP contribution in [0.1, 0.15) is 5.56 Å². The van der Waals surface area contributed by atoms with Gasteiger partial charge in [0.2, 0.25) is 0 Å². The maximum absolute atomic E-state index is 8.72. The molecule has 0 saturated heterocycles. The van der Waals surface area contributed by atoms with Crippen molar-refractivity contribution in [2.45, 2.75) is 6.42 Å². The Kier molecular flexibility index (Phi) is 2.06. The summed E-state index contributed by atoms with van der Waals surface area (Å²) >= 11 is 1.68. The van der Waals surface area contributed by atoms with Crippen LogP contribution in [0.2, 0.25) is 0 Å². The molecular formula is C9H9NOS. The van der Waals surface area contributed by atoms with Crippen LogP contribution in [-0.4, -0.2) is 16.7 Å². The van der Waals surface area contributed by atoms with E-state index in [1.165, 1.54) is 4.70 Å². The quantitative estimate of drug-likeness (QED) is 0.763. The Labute approximate surface area is 74.5 Å². The fraction of sp³-hybridized carbons (Fsp3) is 0.222. The van der Waals surface area contributed by atoms with Crippen molar-refractivity contribution < 1.29 is 5.11 Å². The summed E-state index contributed by atoms with van der Waals surface area (Å²) in [6, 6.07) is 4.09. The van der Waals surface area contributed by atoms with E-state index in [1.54, 1.807) is 11.3 Å². The zero-order valence-corrected chi connectivity index (χ0v) is 7.34. The third kappa shape index (κ3) is 1.33. The molecule has 0 fully saturated rings. The molecule has 2 heterocycles. The second-order valence-electron chi connectivity index (χ2n) is 2.62. The lowest BCUT2D eigenvalue weighted by molar-refractivity contribution is 0.299. The summed E-state index contributed by atoms with van der Waals surface area (Å²) in [6.45, 7) is 0.193. The van der Waals surface area contributed by atoms with Gasteiger partial charge in [-0.2, -0.15) is 0 Å². The van der Waals surface area contributed by atoms with E-state index in [4.69, 9.17) is 5.11 Å². The first-order valence-corrected chi connectivity index (χ1v) is 4.71. The molecule has 0 saturated carbocycles. The molecule has 0 radical (unpaired) electrons. The molecule has 0 aromatic carbocycles. The molecule has 12 heavy (non-hydrogen) atoms. The molecule has 62 valence electrons. The first kappa shape index (κ1) is 7.71. The van der Waals surface area contributed by atoms with Crippen LogP contribution in [0, 0.1) is 0 Å². The van der Waals surface area contributed by atoms with Crippen LogP contribution in [0.3, 0.4) is 0 Å². The molecule has 0 amide bonds. The van der Waals surface area contributed by atoms with Gasteiger partial charge in [-0.05, 0) is 29.5 Å². The summed E-state index contributed by atoms with van der Waals surface area (Å²) in [6.07, 6.45) is 2.52. The number of hydrogen-bond donors (Lipinski definition) is 1. The third-order valence-electron chi connectivity index (χ3n) is 1.76. The van der Waals surface area contributed by atoms with Crippen molar-refractivity contribution in [2.75, 3.05) is 6.61 Å². The molecule has 2 nitrogen and oxygen atoms in total.